The van der Waals surface area contributed by atoms with Crippen molar-refractivity contribution < 1.29 is 23.9 Å². The van der Waals surface area contributed by atoms with Crippen molar-refractivity contribution in [2.45, 2.75) is 29.7 Å². The smallest absolute Gasteiger partial charge is 0.341 e. The monoisotopic (exact) mass is 826 g/mol. The molecule has 0 spiro atoms. The number of nitrogens with one attached hydrogen (secondary N) is 3. The Hall–Kier alpha value is -5.98. The van der Waals surface area contributed by atoms with Gasteiger partial charge in [0.25, 0.3) is 11.8 Å². The van der Waals surface area contributed by atoms with Crippen LogP contribution in [-0.4, -0.2) is 42.2 Å². The van der Waals surface area contributed by atoms with Gasteiger partial charge < -0.3 is 20.7 Å². The molecule has 0 saturated heterocycles. The fourth-order valence-electron chi connectivity index (χ4n) is 6.57. The first kappa shape index (κ1) is 40.2. The molecule has 292 valence electrons. The van der Waals surface area contributed by atoms with E-state index in [9.17, 15) is 19.2 Å². The van der Waals surface area contributed by atoms with Gasteiger partial charge >= 0.3 is 5.97 Å². The molecule has 1 aromatic heterocycles. The summed E-state index contributed by atoms with van der Waals surface area (Å²) in [5.41, 5.74) is 4.82. The number of fused-ring (bicyclic) bond motifs is 1. The van der Waals surface area contributed by atoms with Gasteiger partial charge in [-0.2, -0.15) is 0 Å². The van der Waals surface area contributed by atoms with Gasteiger partial charge in [0.05, 0.1) is 12.7 Å². The topological polar surface area (TPSA) is 117 Å². The van der Waals surface area contributed by atoms with Gasteiger partial charge in [-0.05, 0) is 77.2 Å². The third-order valence-corrected chi connectivity index (χ3v) is 12.0. The minimum atomic E-state index is -0.725. The molecule has 3 amide bonds. The Bertz CT molecular complexity index is 2440. The summed E-state index contributed by atoms with van der Waals surface area (Å²) in [6, 6.07) is 42.3. The van der Waals surface area contributed by atoms with Crippen molar-refractivity contribution in [3.05, 3.63) is 189 Å². The van der Waals surface area contributed by atoms with Gasteiger partial charge in [-0.1, -0.05) is 109 Å². The van der Waals surface area contributed by atoms with E-state index >= 15 is 0 Å². The van der Waals surface area contributed by atoms with Crippen LogP contribution in [0.2, 0.25) is 5.02 Å². The number of amides is 3. The number of thiophene rings is 1. The zero-order valence-electron chi connectivity index (χ0n) is 31.4. The zero-order valence-corrected chi connectivity index (χ0v) is 33.8. The number of carbonyl (C=O) groups excluding carboxylic acids is 4. The highest BCUT2D eigenvalue weighted by atomic mass is 35.5. The van der Waals surface area contributed by atoms with Gasteiger partial charge in [0.15, 0.2) is 0 Å². The Morgan fingerprint density at radius 2 is 1.53 bits per heavy atom. The zero-order chi connectivity index (χ0) is 40.4. The van der Waals surface area contributed by atoms with Gasteiger partial charge in [-0.25, -0.2) is 4.79 Å². The minimum absolute atomic E-state index is 0.0269. The van der Waals surface area contributed by atoms with Crippen LogP contribution >= 0.6 is 34.7 Å². The van der Waals surface area contributed by atoms with Crippen molar-refractivity contribution in [1.29, 1.82) is 0 Å². The molecule has 1 aliphatic heterocycles. The number of rotatable bonds is 13. The summed E-state index contributed by atoms with van der Waals surface area (Å²) in [5.74, 6) is -1.78. The molecule has 2 heterocycles. The Morgan fingerprint density at radius 1 is 0.845 bits per heavy atom. The van der Waals surface area contributed by atoms with Crippen LogP contribution in [0.1, 0.15) is 53.1 Å². The van der Waals surface area contributed by atoms with Crippen LogP contribution in [0.15, 0.2) is 150 Å². The number of carbonyl (C=O) groups is 4. The van der Waals surface area contributed by atoms with Gasteiger partial charge in [-0.15, -0.1) is 23.1 Å². The second-order valence-corrected chi connectivity index (χ2v) is 16.2. The van der Waals surface area contributed by atoms with E-state index in [2.05, 4.69) is 33.0 Å². The van der Waals surface area contributed by atoms with Crippen LogP contribution in [-0.2, 0) is 33.8 Å². The molecular formula is C46H39ClN4O5S2. The van der Waals surface area contributed by atoms with Gasteiger partial charge in [0.1, 0.15) is 15.9 Å². The lowest BCUT2D eigenvalue weighted by atomic mass is 10.0. The molecule has 0 fully saturated rings. The molecule has 5 aromatic carbocycles. The van der Waals surface area contributed by atoms with E-state index in [-0.39, 0.29) is 11.6 Å². The molecule has 1 unspecified atom stereocenters. The summed E-state index contributed by atoms with van der Waals surface area (Å²) >= 11 is 8.81. The fraction of sp³-hybridized carbons (Fsp3) is 0.130. The lowest BCUT2D eigenvalue weighted by molar-refractivity contribution is -0.116. The second-order valence-electron chi connectivity index (χ2n) is 13.5. The van der Waals surface area contributed by atoms with Crippen molar-refractivity contribution in [3.63, 3.8) is 0 Å². The molecule has 1 aliphatic rings. The predicted octanol–water partition coefficient (Wildman–Crippen LogP) is 9.63. The van der Waals surface area contributed by atoms with E-state index < -0.39 is 23.0 Å². The van der Waals surface area contributed by atoms with Crippen LogP contribution in [0.4, 0.5) is 10.7 Å². The fourth-order valence-corrected chi connectivity index (χ4v) is 9.06. The summed E-state index contributed by atoms with van der Waals surface area (Å²) in [6.07, 6.45) is 2.23. The molecule has 58 heavy (non-hydrogen) atoms. The molecule has 3 N–H and O–H groups in total. The quantitative estimate of drug-likeness (QED) is 0.0604. The number of hydrogen-bond donors (Lipinski definition) is 3. The highest BCUT2D eigenvalue weighted by Crippen LogP contribution is 2.41. The number of esters is 1. The van der Waals surface area contributed by atoms with Crippen LogP contribution in [0.3, 0.4) is 0 Å². The van der Waals surface area contributed by atoms with Gasteiger partial charge in [0, 0.05) is 45.7 Å². The number of anilines is 2. The molecule has 9 nitrogen and oxygen atoms in total. The number of methoxy groups -OCH3 is 1. The molecule has 0 radical (unpaired) electrons. The SMILES string of the molecule is COC(=O)c1c(NC(=O)C(Sc2cccc(NC(=O)/C(=C\c3ccc(Cl)cc3)NC(=O)c3ccccc3)c2)c2ccccc2)sc2c1CCN(Cc1ccccc1)C2. The van der Waals surface area contributed by atoms with E-state index in [4.69, 9.17) is 16.3 Å². The lowest BCUT2D eigenvalue weighted by Gasteiger charge is -2.27. The van der Waals surface area contributed by atoms with Gasteiger partial charge in [0.2, 0.25) is 5.91 Å². The van der Waals surface area contributed by atoms with Crippen molar-refractivity contribution in [2.75, 3.05) is 24.3 Å². The average Bonchev–Trinajstić information content (AvgIpc) is 3.60. The first-order chi connectivity index (χ1) is 28.2. The maximum atomic E-state index is 14.4. The number of hydrogen-bond acceptors (Lipinski definition) is 8. The lowest BCUT2D eigenvalue weighted by Crippen LogP contribution is -2.30. The van der Waals surface area contributed by atoms with Crippen molar-refractivity contribution in [3.8, 4) is 0 Å². The number of nitrogens with zero attached hydrogens (tertiary/aromatic N) is 1. The number of halogens is 1. The number of thioether (sulfide) groups is 1. The molecule has 12 heteroatoms. The highest BCUT2D eigenvalue weighted by molar-refractivity contribution is 8.00. The molecule has 0 aliphatic carbocycles. The minimum Gasteiger partial charge on any atom is -0.465 e. The number of ether oxygens (including phenoxy) is 1. The molecule has 0 saturated carbocycles. The van der Waals surface area contributed by atoms with Crippen LogP contribution < -0.4 is 16.0 Å². The largest absolute Gasteiger partial charge is 0.465 e. The standard InChI is InChI=1S/C46H39ClN4O5S2/c1-56-46(55)40-37-24-25-51(28-31-12-5-2-6-13-31)29-39(37)58-45(40)50-44(54)41(32-14-7-3-8-15-32)57-36-19-11-18-35(27-36)48-43(53)38(26-30-20-22-34(47)23-21-30)49-42(52)33-16-9-4-10-17-33/h2-23,26-27,41H,24-25,28-29H2,1H3,(H,48,53)(H,49,52)(H,50,54)/b38-26+. The summed E-state index contributed by atoms with van der Waals surface area (Å²) in [4.78, 5) is 58.6. The van der Waals surface area contributed by atoms with E-state index in [0.29, 0.717) is 50.3 Å². The van der Waals surface area contributed by atoms with Crippen molar-refractivity contribution >= 4 is 75.2 Å². The van der Waals surface area contributed by atoms with Gasteiger partial charge in [-0.3, -0.25) is 19.3 Å². The third-order valence-electron chi connectivity index (χ3n) is 9.41. The first-order valence-electron chi connectivity index (χ1n) is 18.5. The Kier molecular flexibility index (Phi) is 13.2. The van der Waals surface area contributed by atoms with E-state index in [1.54, 1.807) is 78.9 Å². The molecule has 6 aromatic rings. The van der Waals surface area contributed by atoms with Crippen molar-refractivity contribution in [2.24, 2.45) is 0 Å². The Balaban J connectivity index is 1.11. The predicted molar refractivity (Wildman–Crippen MR) is 232 cm³/mol. The normalized spacial score (nSPS) is 13.2. The van der Waals surface area contributed by atoms with Crippen LogP contribution in [0, 0.1) is 0 Å². The van der Waals surface area contributed by atoms with Crippen LogP contribution in [0.25, 0.3) is 6.08 Å². The van der Waals surface area contributed by atoms with Crippen LogP contribution in [0.5, 0.6) is 0 Å². The van der Waals surface area contributed by atoms with E-state index in [1.807, 2.05) is 54.6 Å². The average molecular weight is 827 g/mol. The Morgan fingerprint density at radius 3 is 2.24 bits per heavy atom. The molecular weight excluding hydrogens is 788 g/mol. The first-order valence-corrected chi connectivity index (χ1v) is 20.6. The molecule has 7 rings (SSSR count). The summed E-state index contributed by atoms with van der Waals surface area (Å²) < 4.78 is 5.22. The third kappa shape index (κ3) is 10.1. The summed E-state index contributed by atoms with van der Waals surface area (Å²) in [5, 5.41) is 9.04. The second kappa shape index (κ2) is 19.0. The van der Waals surface area contributed by atoms with E-state index in [1.165, 1.54) is 35.8 Å². The summed E-state index contributed by atoms with van der Waals surface area (Å²) in [7, 11) is 1.35. The molecule has 0 bridgehead atoms. The summed E-state index contributed by atoms with van der Waals surface area (Å²) in [6.45, 7) is 2.20. The maximum Gasteiger partial charge on any atom is 0.341 e. The molecule has 1 atom stereocenters. The van der Waals surface area contributed by atoms with Crippen molar-refractivity contribution in [1.82, 2.24) is 10.2 Å². The maximum absolute atomic E-state index is 14.4. The number of benzene rings is 5. The van der Waals surface area contributed by atoms with E-state index in [0.717, 1.165) is 29.1 Å². The highest BCUT2D eigenvalue weighted by Gasteiger charge is 2.31. The Labute approximate surface area is 350 Å².